The van der Waals surface area contributed by atoms with Crippen LogP contribution in [0.2, 0.25) is 0 Å². The second kappa shape index (κ2) is 10.6. The van der Waals surface area contributed by atoms with Crippen molar-refractivity contribution in [2.45, 2.75) is 70.5 Å². The molecule has 4 heterocycles. The number of rotatable bonds is 9. The fourth-order valence-electron chi connectivity index (χ4n) is 5.29. The van der Waals surface area contributed by atoms with Crippen molar-refractivity contribution in [3.05, 3.63) is 41.9 Å². The van der Waals surface area contributed by atoms with Gasteiger partial charge in [0.05, 0.1) is 16.2 Å². The second-order valence-electron chi connectivity index (χ2n) is 12.1. The van der Waals surface area contributed by atoms with Crippen molar-refractivity contribution in [3.8, 4) is 11.7 Å². The van der Waals surface area contributed by atoms with E-state index in [0.29, 0.717) is 29.0 Å². The lowest BCUT2D eigenvalue weighted by Crippen LogP contribution is -2.40. The van der Waals surface area contributed by atoms with Crippen molar-refractivity contribution in [2.75, 3.05) is 18.1 Å². The Bertz CT molecular complexity index is 1430. The molecule has 222 valence electrons. The number of alkyl halides is 3. The molecule has 1 saturated carbocycles. The molecule has 1 aliphatic carbocycles. The smallest absolute Gasteiger partial charge is 0.397 e. The third-order valence-electron chi connectivity index (χ3n) is 8.19. The van der Waals surface area contributed by atoms with Crippen LogP contribution in [-0.2, 0) is 7.05 Å². The Balaban J connectivity index is 1.42. The molecule has 9 nitrogen and oxygen atoms in total. The molecule has 1 amide bonds. The first-order chi connectivity index (χ1) is 19.2. The van der Waals surface area contributed by atoms with Crippen molar-refractivity contribution >= 4 is 23.7 Å². The van der Waals surface area contributed by atoms with E-state index in [4.69, 9.17) is 9.72 Å². The van der Waals surface area contributed by atoms with Crippen molar-refractivity contribution in [2.24, 2.45) is 24.3 Å². The highest BCUT2D eigenvalue weighted by atomic mass is 32.2. The molecule has 0 radical (unpaired) electrons. The molecule has 1 atom stereocenters. The number of pyridine rings is 1. The minimum Gasteiger partial charge on any atom is -0.476 e. The number of nitrogens with one attached hydrogen (secondary N) is 1. The third-order valence-corrected chi connectivity index (χ3v) is 9.09. The van der Waals surface area contributed by atoms with Crippen LogP contribution in [0.25, 0.3) is 5.82 Å². The Morgan fingerprint density at radius 2 is 1.95 bits per heavy atom. The molecule has 41 heavy (non-hydrogen) atoms. The van der Waals surface area contributed by atoms with Crippen LogP contribution < -0.4 is 14.4 Å². The van der Waals surface area contributed by atoms with Gasteiger partial charge in [-0.15, -0.1) is 5.10 Å². The number of carbonyl (C=O) groups excluding carboxylic acids is 1. The fraction of sp³-hybridized carbons (Fsp3) is 0.571. The molecule has 5 rings (SSSR count). The van der Waals surface area contributed by atoms with Crippen LogP contribution in [0, 0.1) is 24.2 Å². The lowest BCUT2D eigenvalue weighted by atomic mass is 9.89. The van der Waals surface area contributed by atoms with Crippen LogP contribution >= 0.6 is 11.9 Å². The highest BCUT2D eigenvalue weighted by Crippen LogP contribution is 2.57. The lowest BCUT2D eigenvalue weighted by molar-refractivity contribution is -0.194. The molecular weight excluding hydrogens is 555 g/mol. The molecule has 0 aromatic carbocycles. The highest BCUT2D eigenvalue weighted by molar-refractivity contribution is 7.98. The minimum absolute atomic E-state index is 0.0628. The molecule has 3 aromatic rings. The summed E-state index contributed by atoms with van der Waals surface area (Å²) >= 11 is 1.20. The van der Waals surface area contributed by atoms with Crippen molar-refractivity contribution in [1.82, 2.24) is 29.3 Å². The van der Waals surface area contributed by atoms with E-state index < -0.39 is 18.2 Å². The maximum atomic E-state index is 13.5. The summed E-state index contributed by atoms with van der Waals surface area (Å²) in [5.41, 5.74) is -0.800. The molecule has 1 unspecified atom stereocenters. The number of nitrogens with zero attached hydrogens (tertiary/aromatic N) is 6. The number of ether oxygens (including phenoxy) is 1. The maximum Gasteiger partial charge on any atom is 0.397 e. The molecule has 1 aliphatic heterocycles. The summed E-state index contributed by atoms with van der Waals surface area (Å²) in [5, 5.41) is 8.66. The average Bonchev–Trinajstić information content (AvgIpc) is 3.26. The Kier molecular flexibility index (Phi) is 7.54. The number of aryl methyl sites for hydroxylation is 2. The second-order valence-corrected chi connectivity index (χ2v) is 13.0. The number of aromatic nitrogens is 5. The van der Waals surface area contributed by atoms with Gasteiger partial charge in [0.15, 0.2) is 5.82 Å². The van der Waals surface area contributed by atoms with Crippen LogP contribution in [0.1, 0.15) is 63.0 Å². The summed E-state index contributed by atoms with van der Waals surface area (Å²) in [4.78, 5) is 21.4. The summed E-state index contributed by atoms with van der Waals surface area (Å²) in [5.74, 6) is 1.65. The van der Waals surface area contributed by atoms with Crippen molar-refractivity contribution in [1.29, 1.82) is 0 Å². The summed E-state index contributed by atoms with van der Waals surface area (Å²) in [6.07, 6.45) is 0.216. The van der Waals surface area contributed by atoms with E-state index in [2.05, 4.69) is 47.5 Å². The predicted octanol–water partition coefficient (Wildman–Crippen LogP) is 5.73. The van der Waals surface area contributed by atoms with Crippen LogP contribution in [0.15, 0.2) is 35.5 Å². The van der Waals surface area contributed by atoms with Gasteiger partial charge < -0.3 is 9.64 Å². The average molecular weight is 592 g/mol. The maximum absolute atomic E-state index is 13.5. The number of anilines is 1. The lowest BCUT2D eigenvalue weighted by Gasteiger charge is -2.34. The quantitative estimate of drug-likeness (QED) is 0.318. The van der Waals surface area contributed by atoms with Gasteiger partial charge >= 0.3 is 6.18 Å². The summed E-state index contributed by atoms with van der Waals surface area (Å²) in [6, 6.07) is 4.92. The van der Waals surface area contributed by atoms with Gasteiger partial charge in [-0.3, -0.25) is 14.2 Å². The Morgan fingerprint density at radius 3 is 2.54 bits per heavy atom. The topological polar surface area (TPSA) is 90.1 Å². The van der Waals surface area contributed by atoms with Gasteiger partial charge in [-0.2, -0.15) is 18.3 Å². The number of amides is 1. The van der Waals surface area contributed by atoms with Crippen LogP contribution in [-0.4, -0.2) is 55.3 Å². The third kappa shape index (κ3) is 5.91. The fourth-order valence-corrected chi connectivity index (χ4v) is 5.99. The summed E-state index contributed by atoms with van der Waals surface area (Å²) < 4.78 is 51.5. The molecule has 2 fully saturated rings. The molecular formula is C28H36F3N7O2S. The van der Waals surface area contributed by atoms with Crippen molar-refractivity contribution in [3.63, 3.8) is 0 Å². The van der Waals surface area contributed by atoms with Gasteiger partial charge in [0.25, 0.3) is 5.91 Å². The monoisotopic (exact) mass is 591 g/mol. The predicted molar refractivity (Wildman–Crippen MR) is 150 cm³/mol. The van der Waals surface area contributed by atoms with Crippen LogP contribution in [0.3, 0.4) is 0 Å². The van der Waals surface area contributed by atoms with E-state index in [1.807, 2.05) is 20.2 Å². The van der Waals surface area contributed by atoms with Crippen LogP contribution in [0.4, 0.5) is 19.0 Å². The van der Waals surface area contributed by atoms with Crippen molar-refractivity contribution < 1.29 is 22.7 Å². The standard InChI is InChI=1S/C28H36F3N7O2S/c1-17(2)19-13-26(4,5)37(14-19)24-20(25(39)35-41-21-15-36(6)33-18(21)3)7-8-22(32-24)38-12-9-23(34-38)40-16-27(10-11-27)28(29,30)31/h7-9,12,15,17,19H,10-11,13-14,16H2,1-6H3,(H,35,39). The molecule has 0 bridgehead atoms. The first-order valence-electron chi connectivity index (χ1n) is 13.7. The number of hydrogen-bond acceptors (Lipinski definition) is 7. The minimum atomic E-state index is -4.30. The van der Waals surface area contributed by atoms with Gasteiger partial charge in [-0.05, 0) is 76.0 Å². The van der Waals surface area contributed by atoms with E-state index in [9.17, 15) is 18.0 Å². The Morgan fingerprint density at radius 1 is 1.22 bits per heavy atom. The summed E-state index contributed by atoms with van der Waals surface area (Å²) in [6.45, 7) is 10.8. The number of halogens is 3. The van der Waals surface area contributed by atoms with Gasteiger partial charge in [0.2, 0.25) is 5.88 Å². The first-order valence-corrected chi connectivity index (χ1v) is 14.5. The molecule has 2 aliphatic rings. The van der Waals surface area contributed by atoms with Gasteiger partial charge in [0.1, 0.15) is 17.8 Å². The van der Waals surface area contributed by atoms with Gasteiger partial charge in [-0.25, -0.2) is 9.67 Å². The van der Waals surface area contributed by atoms with E-state index in [1.54, 1.807) is 23.0 Å². The largest absolute Gasteiger partial charge is 0.476 e. The molecule has 13 heteroatoms. The normalized spacial score (nSPS) is 19.6. The van der Waals surface area contributed by atoms with Gasteiger partial charge in [-0.1, -0.05) is 13.8 Å². The van der Waals surface area contributed by atoms with E-state index in [1.165, 1.54) is 22.7 Å². The van der Waals surface area contributed by atoms with E-state index in [-0.39, 0.29) is 30.2 Å². The highest BCUT2D eigenvalue weighted by Gasteiger charge is 2.64. The zero-order chi connectivity index (χ0) is 29.7. The zero-order valence-corrected chi connectivity index (χ0v) is 24.9. The number of carbonyl (C=O) groups is 1. The summed E-state index contributed by atoms with van der Waals surface area (Å²) in [7, 11) is 1.83. The molecule has 3 aromatic heterocycles. The van der Waals surface area contributed by atoms with Gasteiger partial charge in [0, 0.05) is 37.6 Å². The first kappa shape index (κ1) is 29.3. The van der Waals surface area contributed by atoms with Crippen LogP contribution in [0.5, 0.6) is 5.88 Å². The Hall–Kier alpha value is -3.22. The van der Waals surface area contributed by atoms with E-state index >= 15 is 0 Å². The zero-order valence-electron chi connectivity index (χ0n) is 24.1. The number of hydrogen-bond donors (Lipinski definition) is 1. The molecule has 1 N–H and O–H groups in total. The molecule has 0 spiro atoms. The SMILES string of the molecule is Cc1nn(C)cc1SNC(=O)c1ccc(-n2ccc(OCC3(C(F)(F)F)CC3)n2)nc1N1CC(C(C)C)CC1(C)C. The molecule has 1 saturated heterocycles. The Labute approximate surface area is 242 Å². The van der Waals surface area contributed by atoms with E-state index in [0.717, 1.165) is 23.6 Å².